The maximum Gasteiger partial charge on any atom is 0.0297 e. The summed E-state index contributed by atoms with van der Waals surface area (Å²) in [4.78, 5) is 0. The van der Waals surface area contributed by atoms with Crippen LogP contribution in [0.4, 0.5) is 0 Å². The summed E-state index contributed by atoms with van der Waals surface area (Å²) in [6.07, 6.45) is 7.81. The van der Waals surface area contributed by atoms with Crippen molar-refractivity contribution in [3.63, 3.8) is 0 Å². The van der Waals surface area contributed by atoms with Gasteiger partial charge in [-0.1, -0.05) is 38.5 Å². The third-order valence-corrected chi connectivity index (χ3v) is 3.18. The molecule has 2 atom stereocenters. The Morgan fingerprint density at radius 2 is 2.30 bits per heavy atom. The van der Waals surface area contributed by atoms with Gasteiger partial charge < -0.3 is 0 Å². The normalized spacial score (nSPS) is 26.8. The van der Waals surface area contributed by atoms with Gasteiger partial charge in [0.05, 0.1) is 0 Å². The lowest BCUT2D eigenvalue weighted by atomic mass is 10.0. The van der Waals surface area contributed by atoms with Crippen LogP contribution in [0.15, 0.2) is 23.6 Å². The average Bonchev–Trinajstić information content (AvgIpc) is 2.05. The van der Waals surface area contributed by atoms with Gasteiger partial charge in [0.1, 0.15) is 0 Å². The van der Waals surface area contributed by atoms with Crippen molar-refractivity contribution in [2.75, 3.05) is 0 Å². The van der Waals surface area contributed by atoms with E-state index in [4.69, 9.17) is 0 Å². The summed E-state index contributed by atoms with van der Waals surface area (Å²) in [5, 5.41) is 2.90. The zero-order valence-corrected chi connectivity index (χ0v) is 7.40. The van der Waals surface area contributed by atoms with Gasteiger partial charge in [-0.3, -0.25) is 0 Å². The van der Waals surface area contributed by atoms with Crippen molar-refractivity contribution < 1.29 is 0 Å². The molecule has 0 aromatic heterocycles. The number of hydrogen-bond acceptors (Lipinski definition) is 1. The third kappa shape index (κ3) is 1.91. The van der Waals surface area contributed by atoms with Gasteiger partial charge >= 0.3 is 0 Å². The maximum atomic E-state index is 2.31. The molecule has 0 bridgehead atoms. The molecule has 0 nitrogen and oxygen atoms in total. The summed E-state index contributed by atoms with van der Waals surface area (Å²) >= 11 is 1.93. The molecule has 1 aliphatic rings. The van der Waals surface area contributed by atoms with Crippen LogP contribution in [0.1, 0.15) is 20.3 Å². The molecule has 1 rings (SSSR count). The first-order chi connectivity index (χ1) is 4.84. The summed E-state index contributed by atoms with van der Waals surface area (Å²) in [6, 6.07) is 0. The average molecular weight is 154 g/mol. The predicted molar refractivity (Wildman–Crippen MR) is 49.1 cm³/mol. The fourth-order valence-electron chi connectivity index (χ4n) is 0.957. The molecule has 0 aromatic carbocycles. The van der Waals surface area contributed by atoms with Gasteiger partial charge in [-0.25, -0.2) is 0 Å². The van der Waals surface area contributed by atoms with Gasteiger partial charge in [0.25, 0.3) is 0 Å². The van der Waals surface area contributed by atoms with Crippen molar-refractivity contribution in [2.45, 2.75) is 25.5 Å². The molecule has 0 radical (unpaired) electrons. The Labute approximate surface area is 67.4 Å². The van der Waals surface area contributed by atoms with E-state index in [1.807, 2.05) is 11.8 Å². The summed E-state index contributed by atoms with van der Waals surface area (Å²) in [5.74, 6) is 0.811. The van der Waals surface area contributed by atoms with Gasteiger partial charge in [-0.15, -0.1) is 11.8 Å². The molecule has 0 N–H and O–H groups in total. The Kier molecular flexibility index (Phi) is 3.07. The van der Waals surface area contributed by atoms with Gasteiger partial charge in [0.2, 0.25) is 0 Å². The Balaban J connectivity index is 2.42. The van der Waals surface area contributed by atoms with Crippen LogP contribution in [0.3, 0.4) is 0 Å². The molecular weight excluding hydrogens is 140 g/mol. The minimum atomic E-state index is 0.718. The fourth-order valence-corrected chi connectivity index (χ4v) is 1.96. The zero-order chi connectivity index (χ0) is 7.40. The largest absolute Gasteiger partial charge is 0.126 e. The summed E-state index contributed by atoms with van der Waals surface area (Å²) in [6.45, 7) is 4.55. The predicted octanol–water partition coefficient (Wildman–Crippen LogP) is 3.22. The molecule has 0 aromatic rings. The Hall–Kier alpha value is -0.170. The van der Waals surface area contributed by atoms with E-state index in [0.29, 0.717) is 0 Å². The van der Waals surface area contributed by atoms with E-state index in [9.17, 15) is 0 Å². The molecule has 0 spiro atoms. The molecular formula is C9H14S. The standard InChI is InChI=1S/C9H14S/c1-3-8(2)9-6-4-5-7-10-9/h4-9H,3H2,1-2H3. The minimum absolute atomic E-state index is 0.718. The molecule has 0 amide bonds. The summed E-state index contributed by atoms with van der Waals surface area (Å²) in [5.41, 5.74) is 0. The number of thioether (sulfide) groups is 1. The molecule has 0 saturated carbocycles. The fraction of sp³-hybridized carbons (Fsp3) is 0.556. The van der Waals surface area contributed by atoms with E-state index in [1.54, 1.807) is 0 Å². The lowest BCUT2D eigenvalue weighted by Gasteiger charge is -2.18. The van der Waals surface area contributed by atoms with Crippen LogP contribution >= 0.6 is 11.8 Å². The monoisotopic (exact) mass is 154 g/mol. The second-order valence-corrected chi connectivity index (χ2v) is 3.79. The van der Waals surface area contributed by atoms with Crippen LogP contribution in [0.25, 0.3) is 0 Å². The first kappa shape index (κ1) is 7.93. The molecule has 1 heteroatoms. The highest BCUT2D eigenvalue weighted by Crippen LogP contribution is 2.26. The molecule has 10 heavy (non-hydrogen) atoms. The van der Waals surface area contributed by atoms with E-state index in [2.05, 4.69) is 37.5 Å². The van der Waals surface area contributed by atoms with Crippen LogP contribution in [-0.2, 0) is 0 Å². The van der Waals surface area contributed by atoms with Crippen molar-refractivity contribution in [3.05, 3.63) is 23.6 Å². The molecule has 0 aliphatic carbocycles. The molecule has 0 fully saturated rings. The number of allylic oxidation sites excluding steroid dienone is 2. The minimum Gasteiger partial charge on any atom is -0.126 e. The van der Waals surface area contributed by atoms with Gasteiger partial charge in [-0.2, -0.15) is 0 Å². The van der Waals surface area contributed by atoms with Gasteiger partial charge in [0, 0.05) is 5.25 Å². The van der Waals surface area contributed by atoms with E-state index in [0.717, 1.165) is 11.2 Å². The Morgan fingerprint density at radius 3 is 2.80 bits per heavy atom. The Morgan fingerprint density at radius 1 is 1.50 bits per heavy atom. The number of rotatable bonds is 2. The van der Waals surface area contributed by atoms with Crippen molar-refractivity contribution in [1.82, 2.24) is 0 Å². The van der Waals surface area contributed by atoms with Crippen molar-refractivity contribution in [2.24, 2.45) is 5.92 Å². The van der Waals surface area contributed by atoms with Gasteiger partial charge in [0.15, 0.2) is 0 Å². The van der Waals surface area contributed by atoms with E-state index >= 15 is 0 Å². The highest BCUT2D eigenvalue weighted by atomic mass is 32.2. The lowest BCUT2D eigenvalue weighted by molar-refractivity contribution is 0.584. The first-order valence-electron chi connectivity index (χ1n) is 3.83. The van der Waals surface area contributed by atoms with Crippen molar-refractivity contribution >= 4 is 11.8 Å². The molecule has 56 valence electrons. The van der Waals surface area contributed by atoms with Crippen molar-refractivity contribution in [3.8, 4) is 0 Å². The van der Waals surface area contributed by atoms with Crippen LogP contribution in [0.2, 0.25) is 0 Å². The first-order valence-corrected chi connectivity index (χ1v) is 4.77. The van der Waals surface area contributed by atoms with Crippen LogP contribution in [-0.4, -0.2) is 5.25 Å². The topological polar surface area (TPSA) is 0 Å². The highest BCUT2D eigenvalue weighted by Gasteiger charge is 2.12. The molecule has 1 aliphatic heterocycles. The summed E-state index contributed by atoms with van der Waals surface area (Å²) in [7, 11) is 0. The quantitative estimate of drug-likeness (QED) is 0.588. The smallest absolute Gasteiger partial charge is 0.0297 e. The number of hydrogen-bond donors (Lipinski definition) is 0. The van der Waals surface area contributed by atoms with Crippen LogP contribution in [0, 0.1) is 5.92 Å². The maximum absolute atomic E-state index is 2.31. The van der Waals surface area contributed by atoms with Gasteiger partial charge in [-0.05, 0) is 11.3 Å². The second-order valence-electron chi connectivity index (χ2n) is 2.70. The van der Waals surface area contributed by atoms with E-state index in [1.165, 1.54) is 6.42 Å². The SMILES string of the molecule is CCC(C)C1C=CC=CS1. The van der Waals surface area contributed by atoms with Crippen LogP contribution < -0.4 is 0 Å². The van der Waals surface area contributed by atoms with E-state index in [-0.39, 0.29) is 0 Å². The van der Waals surface area contributed by atoms with Crippen molar-refractivity contribution in [1.29, 1.82) is 0 Å². The summed E-state index contributed by atoms with van der Waals surface area (Å²) < 4.78 is 0. The van der Waals surface area contributed by atoms with E-state index < -0.39 is 0 Å². The third-order valence-electron chi connectivity index (χ3n) is 1.93. The second kappa shape index (κ2) is 3.87. The van der Waals surface area contributed by atoms with Crippen LogP contribution in [0.5, 0.6) is 0 Å². The molecule has 2 unspecified atom stereocenters. The highest BCUT2D eigenvalue weighted by molar-refractivity contribution is 8.02. The zero-order valence-electron chi connectivity index (χ0n) is 6.58. The molecule has 0 saturated heterocycles. The Bertz CT molecular complexity index is 147. The molecule has 1 heterocycles. The lowest BCUT2D eigenvalue weighted by Crippen LogP contribution is -2.10.